The van der Waals surface area contributed by atoms with Crippen LogP contribution in [0.2, 0.25) is 0 Å². The summed E-state index contributed by atoms with van der Waals surface area (Å²) in [5, 5.41) is 11.8. The fraction of sp³-hybridized carbons (Fsp3) is 0.250. The molecule has 1 aromatic carbocycles. The zero-order valence-electron chi connectivity index (χ0n) is 6.41. The minimum Gasteiger partial charge on any atom is -0.412 e. The third kappa shape index (κ3) is 3.60. The van der Waals surface area contributed by atoms with Crippen molar-refractivity contribution >= 4 is 5.69 Å². The summed E-state index contributed by atoms with van der Waals surface area (Å²) in [5.41, 5.74) is 0.942. The summed E-state index contributed by atoms with van der Waals surface area (Å²) in [4.78, 5) is 0. The number of benzene rings is 1. The van der Waals surface area contributed by atoms with Crippen LogP contribution in [0.4, 0.5) is 5.69 Å². The molecular weight excluding hydrogens is 142 g/mol. The summed E-state index contributed by atoms with van der Waals surface area (Å²) in [5.74, 6) is 0. The van der Waals surface area contributed by atoms with Gasteiger partial charge in [0.25, 0.3) is 0 Å². The largest absolute Gasteiger partial charge is 0.412 e. The lowest BCUT2D eigenvalue weighted by molar-refractivity contribution is 0.224. The molecule has 0 amide bonds. The average Bonchev–Trinajstić information content (AvgIpc) is 1.88. The van der Waals surface area contributed by atoms with E-state index in [1.807, 2.05) is 30.3 Å². The summed E-state index contributed by atoms with van der Waals surface area (Å²) >= 11 is 0. The van der Waals surface area contributed by atoms with Crippen LogP contribution in [0, 0.1) is 0 Å². The van der Waals surface area contributed by atoms with E-state index in [9.17, 15) is 0 Å². The van der Waals surface area contributed by atoms with Gasteiger partial charge >= 0.3 is 0 Å². The molecule has 0 aliphatic carbocycles. The monoisotopic (exact) mass is 155 g/mol. The molecule has 0 aliphatic rings. The van der Waals surface area contributed by atoms with Crippen LogP contribution in [0.25, 0.3) is 0 Å². The highest BCUT2D eigenvalue weighted by atomic mass is 16.3. The molecule has 11 heavy (non-hydrogen) atoms. The Labute approximate surface area is 66.0 Å². The van der Waals surface area contributed by atoms with Crippen molar-refractivity contribution in [3.05, 3.63) is 30.3 Å². The molecule has 0 bridgehead atoms. The molecule has 0 aromatic heterocycles. The molecule has 3 nitrogen and oxygen atoms in total. The molecule has 0 heterocycles. The van der Waals surface area contributed by atoms with E-state index in [-0.39, 0.29) is 5.48 Å². The van der Waals surface area contributed by atoms with Gasteiger partial charge in [-0.3, -0.25) is 0 Å². The van der Waals surface area contributed by atoms with Crippen molar-refractivity contribution in [2.75, 3.05) is 5.32 Å². The minimum absolute atomic E-state index is 0. The predicted octanol–water partition coefficient (Wildman–Crippen LogP) is 0.612. The van der Waals surface area contributed by atoms with Crippen molar-refractivity contribution in [1.29, 1.82) is 0 Å². The van der Waals surface area contributed by atoms with Crippen LogP contribution in [-0.2, 0) is 0 Å². The second-order valence-corrected chi connectivity index (χ2v) is 2.19. The fourth-order valence-electron chi connectivity index (χ4n) is 0.776. The number of anilines is 1. The molecule has 0 radical (unpaired) electrons. The van der Waals surface area contributed by atoms with Crippen LogP contribution >= 0.6 is 0 Å². The van der Waals surface area contributed by atoms with Crippen LogP contribution in [0.15, 0.2) is 30.3 Å². The van der Waals surface area contributed by atoms with Gasteiger partial charge in [0.05, 0.1) is 0 Å². The third-order valence-corrected chi connectivity index (χ3v) is 1.15. The normalized spacial score (nSPS) is 11.5. The Kier molecular flexibility index (Phi) is 4.26. The third-order valence-electron chi connectivity index (χ3n) is 1.15. The molecule has 62 valence electrons. The van der Waals surface area contributed by atoms with E-state index in [1.165, 1.54) is 0 Å². The molecule has 1 rings (SSSR count). The first-order chi connectivity index (χ1) is 4.79. The molecule has 3 heteroatoms. The van der Waals surface area contributed by atoms with Gasteiger partial charge in [0, 0.05) is 5.69 Å². The maximum atomic E-state index is 8.89. The smallest absolute Gasteiger partial charge is 0.121 e. The van der Waals surface area contributed by atoms with Crippen LogP contribution < -0.4 is 5.32 Å². The molecular formula is C8H13NO2. The van der Waals surface area contributed by atoms with E-state index in [4.69, 9.17) is 5.11 Å². The van der Waals surface area contributed by atoms with Crippen molar-refractivity contribution in [3.63, 3.8) is 0 Å². The minimum atomic E-state index is -0.484. The Morgan fingerprint density at radius 3 is 2.27 bits per heavy atom. The van der Waals surface area contributed by atoms with Crippen LogP contribution in [0.3, 0.4) is 0 Å². The lowest BCUT2D eigenvalue weighted by atomic mass is 10.3. The first-order valence-electron chi connectivity index (χ1n) is 3.28. The molecule has 0 saturated heterocycles. The number of hydrogen-bond acceptors (Lipinski definition) is 2. The number of aliphatic hydroxyl groups excluding tert-OH is 1. The topological polar surface area (TPSA) is 63.8 Å². The van der Waals surface area contributed by atoms with Gasteiger partial charge in [-0.15, -0.1) is 0 Å². The maximum Gasteiger partial charge on any atom is 0.121 e. The maximum absolute atomic E-state index is 8.89. The number of para-hydroxylation sites is 1. The van der Waals surface area contributed by atoms with Crippen molar-refractivity contribution in [1.82, 2.24) is 0 Å². The van der Waals surface area contributed by atoms with Gasteiger partial charge in [-0.1, -0.05) is 18.2 Å². The quantitative estimate of drug-likeness (QED) is 0.615. The van der Waals surface area contributed by atoms with Crippen molar-refractivity contribution in [2.24, 2.45) is 0 Å². The van der Waals surface area contributed by atoms with E-state index < -0.39 is 6.23 Å². The van der Waals surface area contributed by atoms with E-state index >= 15 is 0 Å². The standard InChI is InChI=1S/C8H11NO.H2O/c1-7(10)9-8-5-3-2-4-6-8;/h2-7,9-10H,1H3;1H2. The van der Waals surface area contributed by atoms with Crippen molar-refractivity contribution in [3.8, 4) is 0 Å². The molecule has 4 N–H and O–H groups in total. The number of nitrogens with one attached hydrogen (secondary N) is 1. The molecule has 1 unspecified atom stereocenters. The Morgan fingerprint density at radius 1 is 1.27 bits per heavy atom. The highest BCUT2D eigenvalue weighted by molar-refractivity contribution is 5.42. The van der Waals surface area contributed by atoms with Crippen LogP contribution in [0.1, 0.15) is 6.92 Å². The highest BCUT2D eigenvalue weighted by Crippen LogP contribution is 2.04. The van der Waals surface area contributed by atoms with Crippen LogP contribution in [-0.4, -0.2) is 16.8 Å². The second kappa shape index (κ2) is 4.71. The molecule has 1 aromatic rings. The Bertz CT molecular complexity index is 187. The summed E-state index contributed by atoms with van der Waals surface area (Å²) in [7, 11) is 0. The van der Waals surface area contributed by atoms with E-state index in [2.05, 4.69) is 5.32 Å². The van der Waals surface area contributed by atoms with Crippen LogP contribution in [0.5, 0.6) is 0 Å². The first kappa shape index (κ1) is 9.94. The zero-order valence-corrected chi connectivity index (χ0v) is 6.41. The molecule has 0 fully saturated rings. The highest BCUT2D eigenvalue weighted by Gasteiger charge is 1.91. The summed E-state index contributed by atoms with van der Waals surface area (Å²) in [6.07, 6.45) is -0.484. The van der Waals surface area contributed by atoms with Gasteiger partial charge in [0.1, 0.15) is 6.23 Å². The van der Waals surface area contributed by atoms with Gasteiger partial charge in [0.15, 0.2) is 0 Å². The molecule has 0 aliphatic heterocycles. The predicted molar refractivity (Wildman–Crippen MR) is 45.4 cm³/mol. The Balaban J connectivity index is 0.000001000. The van der Waals surface area contributed by atoms with E-state index in [0.717, 1.165) is 5.69 Å². The lowest BCUT2D eigenvalue weighted by Gasteiger charge is -2.07. The van der Waals surface area contributed by atoms with Gasteiger partial charge in [-0.25, -0.2) is 0 Å². The van der Waals surface area contributed by atoms with E-state index in [1.54, 1.807) is 6.92 Å². The lowest BCUT2D eigenvalue weighted by Crippen LogP contribution is -2.12. The molecule has 1 atom stereocenters. The van der Waals surface area contributed by atoms with E-state index in [0.29, 0.717) is 0 Å². The van der Waals surface area contributed by atoms with Crippen molar-refractivity contribution < 1.29 is 10.6 Å². The SMILES string of the molecule is CC(O)Nc1ccccc1.O. The summed E-state index contributed by atoms with van der Waals surface area (Å²) in [6, 6.07) is 9.60. The van der Waals surface area contributed by atoms with Crippen molar-refractivity contribution in [2.45, 2.75) is 13.2 Å². The summed E-state index contributed by atoms with van der Waals surface area (Å²) < 4.78 is 0. The Morgan fingerprint density at radius 2 is 1.82 bits per heavy atom. The average molecular weight is 155 g/mol. The van der Waals surface area contributed by atoms with Gasteiger partial charge in [0.2, 0.25) is 0 Å². The number of rotatable bonds is 2. The second-order valence-electron chi connectivity index (χ2n) is 2.19. The zero-order chi connectivity index (χ0) is 7.40. The number of aliphatic hydroxyl groups is 1. The first-order valence-corrected chi connectivity index (χ1v) is 3.28. The Hall–Kier alpha value is -1.06. The van der Waals surface area contributed by atoms with Gasteiger partial charge < -0.3 is 15.9 Å². The molecule has 0 spiro atoms. The number of hydrogen-bond donors (Lipinski definition) is 2. The fourth-order valence-corrected chi connectivity index (χ4v) is 0.776. The van der Waals surface area contributed by atoms with Gasteiger partial charge in [-0.2, -0.15) is 0 Å². The van der Waals surface area contributed by atoms with Gasteiger partial charge in [-0.05, 0) is 19.1 Å². The molecule has 0 saturated carbocycles. The summed E-state index contributed by atoms with van der Waals surface area (Å²) in [6.45, 7) is 1.69.